The molecule has 21 heavy (non-hydrogen) atoms. The summed E-state index contributed by atoms with van der Waals surface area (Å²) >= 11 is 8.88. The molecule has 0 unspecified atom stereocenters. The van der Waals surface area contributed by atoms with Crippen molar-refractivity contribution >= 4 is 40.6 Å². The molecule has 0 spiro atoms. The number of thioether (sulfide) groups is 1. The molecule has 0 fully saturated rings. The summed E-state index contributed by atoms with van der Waals surface area (Å²) in [6, 6.07) is 1.97. The number of aryl methyl sites for hydroxylation is 1. The van der Waals surface area contributed by atoms with Crippen LogP contribution >= 0.6 is 28.8 Å². The van der Waals surface area contributed by atoms with Gasteiger partial charge in [0.2, 0.25) is 5.69 Å². The van der Waals surface area contributed by atoms with E-state index in [2.05, 4.69) is 23.8 Å². The SMILES string of the molecule is CCCS[P@@](=S)(OCC)OCc1cc(SCC)nc(C)n1. The molecule has 1 heterocycles. The molecule has 0 aliphatic rings. The molecule has 4 nitrogen and oxygen atoms in total. The molecule has 0 N–H and O–H groups in total. The first kappa shape index (κ1) is 19.4. The molecule has 0 aliphatic heterocycles. The van der Waals surface area contributed by atoms with Gasteiger partial charge in [0.1, 0.15) is 10.9 Å². The highest BCUT2D eigenvalue weighted by Gasteiger charge is 2.19. The van der Waals surface area contributed by atoms with Crippen LogP contribution in [0.4, 0.5) is 0 Å². The van der Waals surface area contributed by atoms with Gasteiger partial charge in [0.15, 0.2) is 0 Å². The van der Waals surface area contributed by atoms with Crippen molar-refractivity contribution in [3.8, 4) is 0 Å². The molecule has 120 valence electrons. The van der Waals surface area contributed by atoms with Crippen LogP contribution in [0, 0.1) is 6.92 Å². The Morgan fingerprint density at radius 1 is 1.24 bits per heavy atom. The second kappa shape index (κ2) is 10.2. The van der Waals surface area contributed by atoms with E-state index in [9.17, 15) is 0 Å². The van der Waals surface area contributed by atoms with E-state index < -0.39 is 5.69 Å². The molecule has 1 rings (SSSR count). The Kier molecular flexibility index (Phi) is 9.41. The van der Waals surface area contributed by atoms with Crippen LogP contribution in [0.1, 0.15) is 38.7 Å². The predicted molar refractivity (Wildman–Crippen MR) is 96.6 cm³/mol. The second-order valence-electron chi connectivity index (χ2n) is 4.15. The van der Waals surface area contributed by atoms with Gasteiger partial charge in [0.25, 0.3) is 0 Å². The Balaban J connectivity index is 2.72. The summed E-state index contributed by atoms with van der Waals surface area (Å²) in [5.74, 6) is 2.70. The van der Waals surface area contributed by atoms with Crippen molar-refractivity contribution < 1.29 is 9.05 Å². The van der Waals surface area contributed by atoms with Crippen molar-refractivity contribution in [3.63, 3.8) is 0 Å². The lowest BCUT2D eigenvalue weighted by molar-refractivity contribution is 0.258. The molecular weight excluding hydrogens is 343 g/mol. The summed E-state index contributed by atoms with van der Waals surface area (Å²) < 4.78 is 11.6. The van der Waals surface area contributed by atoms with E-state index in [0.717, 1.165) is 34.5 Å². The first-order valence-corrected chi connectivity index (χ1v) is 12.3. The average molecular weight is 367 g/mol. The van der Waals surface area contributed by atoms with Crippen molar-refractivity contribution in [2.75, 3.05) is 18.1 Å². The first-order chi connectivity index (χ1) is 10.0. The van der Waals surface area contributed by atoms with Gasteiger partial charge in [0, 0.05) is 5.75 Å². The predicted octanol–water partition coefficient (Wildman–Crippen LogP) is 4.82. The van der Waals surface area contributed by atoms with E-state index in [-0.39, 0.29) is 0 Å². The third kappa shape index (κ3) is 7.44. The molecule has 1 aromatic heterocycles. The quantitative estimate of drug-likeness (QED) is 0.334. The topological polar surface area (TPSA) is 44.2 Å². The smallest absolute Gasteiger partial charge is 0.247 e. The summed E-state index contributed by atoms with van der Waals surface area (Å²) in [6.07, 6.45) is 1.06. The van der Waals surface area contributed by atoms with E-state index in [1.807, 2.05) is 19.9 Å². The Morgan fingerprint density at radius 3 is 2.62 bits per heavy atom. The van der Waals surface area contributed by atoms with Crippen molar-refractivity contribution in [2.45, 2.75) is 45.7 Å². The maximum atomic E-state index is 5.91. The van der Waals surface area contributed by atoms with Gasteiger partial charge in [-0.15, -0.1) is 11.8 Å². The van der Waals surface area contributed by atoms with Gasteiger partial charge in [-0.1, -0.05) is 25.2 Å². The molecule has 0 aromatic carbocycles. The summed E-state index contributed by atoms with van der Waals surface area (Å²) in [7, 11) is 0. The van der Waals surface area contributed by atoms with Crippen LogP contribution in [0.3, 0.4) is 0 Å². The minimum absolute atomic E-state index is 0.384. The fourth-order valence-electron chi connectivity index (χ4n) is 1.51. The summed E-state index contributed by atoms with van der Waals surface area (Å²) in [5, 5.41) is 0.981. The molecule has 8 heteroatoms. The number of nitrogens with zero attached hydrogens (tertiary/aromatic N) is 2. The van der Waals surface area contributed by atoms with Gasteiger partial charge in [-0.3, -0.25) is 0 Å². The average Bonchev–Trinajstić information content (AvgIpc) is 2.43. The lowest BCUT2D eigenvalue weighted by atomic mass is 10.4. The lowest BCUT2D eigenvalue weighted by Gasteiger charge is -2.20. The molecule has 0 aliphatic carbocycles. The Labute approximate surface area is 141 Å². The van der Waals surface area contributed by atoms with Crippen molar-refractivity contribution in [3.05, 3.63) is 17.6 Å². The zero-order valence-corrected chi connectivity index (χ0v) is 16.3. The van der Waals surface area contributed by atoms with Gasteiger partial charge >= 0.3 is 0 Å². The zero-order chi connectivity index (χ0) is 15.7. The van der Waals surface area contributed by atoms with Crippen LogP contribution in [0.15, 0.2) is 11.1 Å². The molecule has 0 amide bonds. The van der Waals surface area contributed by atoms with Crippen LogP contribution in [0.5, 0.6) is 0 Å². The van der Waals surface area contributed by atoms with Gasteiger partial charge in [-0.25, -0.2) is 9.97 Å². The molecular formula is C13H23N2O2PS3. The summed E-state index contributed by atoms with van der Waals surface area (Å²) in [6.45, 7) is 9.03. The van der Waals surface area contributed by atoms with E-state index in [1.165, 1.54) is 0 Å². The number of hydrogen-bond acceptors (Lipinski definition) is 7. The van der Waals surface area contributed by atoms with Crippen LogP contribution in [0.2, 0.25) is 0 Å². The third-order valence-corrected chi connectivity index (χ3v) is 8.70. The Morgan fingerprint density at radius 2 is 2.00 bits per heavy atom. The highest BCUT2D eigenvalue weighted by Crippen LogP contribution is 2.61. The van der Waals surface area contributed by atoms with Crippen molar-refractivity contribution in [1.82, 2.24) is 9.97 Å². The third-order valence-electron chi connectivity index (χ3n) is 2.27. The zero-order valence-electron chi connectivity index (χ0n) is 13.0. The summed E-state index contributed by atoms with van der Waals surface area (Å²) in [5.41, 5.74) is -1.40. The number of hydrogen-bond donors (Lipinski definition) is 0. The molecule has 0 radical (unpaired) electrons. The lowest BCUT2D eigenvalue weighted by Crippen LogP contribution is -2.00. The maximum Gasteiger partial charge on any atom is 0.247 e. The highest BCUT2D eigenvalue weighted by atomic mass is 32.9. The van der Waals surface area contributed by atoms with Crippen molar-refractivity contribution in [2.24, 2.45) is 0 Å². The minimum Gasteiger partial charge on any atom is -0.322 e. The molecule has 0 bridgehead atoms. The van der Waals surface area contributed by atoms with Gasteiger partial charge in [-0.2, -0.15) is 0 Å². The standard InChI is InChI=1S/C13H23N2O2PS3/c1-5-8-21-18(19,16-6-2)17-10-12-9-13(20-7-3)15-11(4)14-12/h9H,5-8,10H2,1-4H3/t18-/m0/s1. The molecule has 1 aromatic rings. The fourth-order valence-corrected chi connectivity index (χ4v) is 6.75. The largest absolute Gasteiger partial charge is 0.322 e. The van der Waals surface area contributed by atoms with Crippen molar-refractivity contribution in [1.29, 1.82) is 0 Å². The Bertz CT molecular complexity index is 488. The first-order valence-electron chi connectivity index (χ1n) is 7.04. The number of aromatic nitrogens is 2. The van der Waals surface area contributed by atoms with Crippen LogP contribution < -0.4 is 0 Å². The minimum atomic E-state index is -2.26. The maximum absolute atomic E-state index is 5.91. The molecule has 1 atom stereocenters. The van der Waals surface area contributed by atoms with E-state index in [1.54, 1.807) is 23.1 Å². The van der Waals surface area contributed by atoms with E-state index in [4.69, 9.17) is 20.9 Å². The van der Waals surface area contributed by atoms with E-state index in [0.29, 0.717) is 13.2 Å². The van der Waals surface area contributed by atoms with Gasteiger partial charge in [0.05, 0.1) is 18.9 Å². The van der Waals surface area contributed by atoms with Crippen LogP contribution in [0.25, 0.3) is 0 Å². The molecule has 0 saturated heterocycles. The monoisotopic (exact) mass is 366 g/mol. The second-order valence-corrected chi connectivity index (χ2v) is 11.9. The van der Waals surface area contributed by atoms with Gasteiger partial charge in [-0.05, 0) is 43.9 Å². The summed E-state index contributed by atoms with van der Waals surface area (Å²) in [4.78, 5) is 8.81. The Hall–Kier alpha value is 0.350. The molecule has 0 saturated carbocycles. The van der Waals surface area contributed by atoms with Gasteiger partial charge < -0.3 is 9.05 Å². The highest BCUT2D eigenvalue weighted by molar-refractivity contribution is 8.67. The van der Waals surface area contributed by atoms with E-state index >= 15 is 0 Å². The van der Waals surface area contributed by atoms with Crippen LogP contribution in [-0.4, -0.2) is 28.1 Å². The fraction of sp³-hybridized carbons (Fsp3) is 0.692. The number of rotatable bonds is 10. The van der Waals surface area contributed by atoms with Crippen LogP contribution in [-0.2, 0) is 27.5 Å². The normalized spacial score (nSPS) is 14.1.